The molecule has 3 rings (SSSR count). The van der Waals surface area contributed by atoms with Crippen LogP contribution in [-0.4, -0.2) is 15.6 Å². The summed E-state index contributed by atoms with van der Waals surface area (Å²) in [6.45, 7) is 2.54. The first kappa shape index (κ1) is 22.3. The largest absolute Gasteiger partial charge is 0.352 e. The second-order valence-corrected chi connectivity index (χ2v) is 7.52. The molecule has 0 bridgehead atoms. The molecule has 162 valence electrons. The van der Waals surface area contributed by atoms with Gasteiger partial charge in [0.15, 0.2) is 0 Å². The molecule has 0 aliphatic rings. The van der Waals surface area contributed by atoms with Gasteiger partial charge in [-0.1, -0.05) is 23.7 Å². The molecule has 31 heavy (non-hydrogen) atoms. The Balaban J connectivity index is 1.70. The van der Waals surface area contributed by atoms with Gasteiger partial charge < -0.3 is 21.5 Å². The van der Waals surface area contributed by atoms with Crippen LogP contribution in [0.5, 0.6) is 0 Å². The lowest BCUT2D eigenvalue weighted by molar-refractivity contribution is -0.120. The second-order valence-electron chi connectivity index (χ2n) is 7.08. The number of nitrogens with two attached hydrogens (primary N) is 1. The van der Waals surface area contributed by atoms with Gasteiger partial charge in [0.25, 0.3) is 11.1 Å². The zero-order chi connectivity index (χ0) is 22.4. The molecule has 0 spiro atoms. The molecule has 0 radical (unpaired) electrons. The quantitative estimate of drug-likeness (QED) is 0.422. The monoisotopic (exact) mass is 441 g/mol. The predicted molar refractivity (Wildman–Crippen MR) is 120 cm³/mol. The van der Waals surface area contributed by atoms with Crippen LogP contribution in [0.4, 0.5) is 0 Å². The van der Waals surface area contributed by atoms with E-state index in [-0.39, 0.29) is 36.5 Å². The fourth-order valence-electron chi connectivity index (χ4n) is 3.15. The lowest BCUT2D eigenvalue weighted by atomic mass is 10.1. The van der Waals surface area contributed by atoms with E-state index in [9.17, 15) is 14.4 Å². The highest BCUT2D eigenvalue weighted by Gasteiger charge is 2.13. The second kappa shape index (κ2) is 10.1. The first-order chi connectivity index (χ1) is 14.9. The lowest BCUT2D eigenvalue weighted by Crippen LogP contribution is -2.35. The maximum absolute atomic E-state index is 12.9. The molecule has 1 aromatic carbocycles. The van der Waals surface area contributed by atoms with Crippen molar-refractivity contribution >= 4 is 17.5 Å². The third-order valence-electron chi connectivity index (χ3n) is 4.97. The number of rotatable bonds is 8. The molecule has 0 saturated heterocycles. The Hall–Kier alpha value is -3.36. The summed E-state index contributed by atoms with van der Waals surface area (Å²) in [4.78, 5) is 39.8. The summed E-state index contributed by atoms with van der Waals surface area (Å²) in [6.07, 6.45) is 3.05. The summed E-state index contributed by atoms with van der Waals surface area (Å²) in [5.74, 6) is -0.291. The summed E-state index contributed by atoms with van der Waals surface area (Å²) in [7, 11) is 0. The number of aromatic amines is 1. The van der Waals surface area contributed by atoms with Crippen LogP contribution in [0.15, 0.2) is 58.4 Å². The van der Waals surface area contributed by atoms with Crippen LogP contribution in [-0.2, 0) is 30.8 Å². The van der Waals surface area contributed by atoms with Gasteiger partial charge in [-0.2, -0.15) is 0 Å². The molecule has 0 unspecified atom stereocenters. The number of hydrogen-bond donors (Lipinski definition) is 4. The van der Waals surface area contributed by atoms with Crippen molar-refractivity contribution in [2.45, 2.75) is 33.0 Å². The van der Waals surface area contributed by atoms with E-state index < -0.39 is 0 Å². The van der Waals surface area contributed by atoms with Crippen molar-refractivity contribution in [2.24, 2.45) is 5.73 Å². The average molecular weight is 442 g/mol. The number of H-pyrrole nitrogens is 1. The first-order valence-electron chi connectivity index (χ1n) is 9.74. The minimum Gasteiger partial charge on any atom is -0.352 e. The summed E-state index contributed by atoms with van der Waals surface area (Å²) < 4.78 is 1.28. The highest BCUT2D eigenvalue weighted by atomic mass is 35.5. The molecule has 8 nitrogen and oxygen atoms in total. The van der Waals surface area contributed by atoms with Gasteiger partial charge in [-0.05, 0) is 47.9 Å². The van der Waals surface area contributed by atoms with E-state index in [1.165, 1.54) is 4.68 Å². The number of aromatic nitrogens is 2. The van der Waals surface area contributed by atoms with Crippen molar-refractivity contribution in [1.29, 1.82) is 0 Å². The number of carbonyl (C=O) groups excluding carboxylic acids is 1. The van der Waals surface area contributed by atoms with Crippen LogP contribution < -0.4 is 27.6 Å². The van der Waals surface area contributed by atoms with E-state index in [0.29, 0.717) is 28.3 Å². The molecule has 2 heterocycles. The lowest BCUT2D eigenvalue weighted by Gasteiger charge is -2.13. The number of amides is 1. The molecule has 1 amide bonds. The maximum atomic E-state index is 12.9. The summed E-state index contributed by atoms with van der Waals surface area (Å²) >= 11 is 6.04. The third-order valence-corrected chi connectivity index (χ3v) is 5.20. The van der Waals surface area contributed by atoms with E-state index in [4.69, 9.17) is 17.3 Å². The number of nitrogens with zero attached hydrogens (tertiary/aromatic N) is 1. The zero-order valence-electron chi connectivity index (χ0n) is 17.1. The van der Waals surface area contributed by atoms with Gasteiger partial charge in [0.1, 0.15) is 0 Å². The van der Waals surface area contributed by atoms with Crippen molar-refractivity contribution in [3.8, 4) is 0 Å². The minimum absolute atomic E-state index is 0.0718. The van der Waals surface area contributed by atoms with Gasteiger partial charge in [-0.15, -0.1) is 0 Å². The first-order valence-corrected chi connectivity index (χ1v) is 10.1. The standard InChI is InChI=1S/C22H24ClN5O3/c1-14-6-8-28(27-13-16-3-2-7-25-21(16)30)22(31)19(14)10-20(29)26-12-17-9-18(23)5-4-15(17)11-24/h2-9,27H,10-13,24H2,1H3,(H,25,30)(H,26,29). The van der Waals surface area contributed by atoms with Gasteiger partial charge >= 0.3 is 0 Å². The summed E-state index contributed by atoms with van der Waals surface area (Å²) in [5.41, 5.74) is 11.4. The van der Waals surface area contributed by atoms with E-state index >= 15 is 0 Å². The van der Waals surface area contributed by atoms with Crippen LogP contribution in [0.2, 0.25) is 5.02 Å². The van der Waals surface area contributed by atoms with Crippen molar-refractivity contribution < 1.29 is 4.79 Å². The molecule has 0 saturated carbocycles. The molecular formula is C22H24ClN5O3. The van der Waals surface area contributed by atoms with Gasteiger partial charge in [-0.3, -0.25) is 14.4 Å². The Bertz CT molecular complexity index is 1200. The Labute approximate surface area is 184 Å². The molecule has 0 atom stereocenters. The van der Waals surface area contributed by atoms with E-state index in [1.54, 1.807) is 49.6 Å². The van der Waals surface area contributed by atoms with Gasteiger partial charge in [0.05, 0.1) is 13.0 Å². The maximum Gasteiger partial charge on any atom is 0.272 e. The number of nitrogens with one attached hydrogen (secondary N) is 3. The molecule has 0 fully saturated rings. The molecule has 0 aliphatic heterocycles. The van der Waals surface area contributed by atoms with Crippen LogP contribution in [0, 0.1) is 6.92 Å². The van der Waals surface area contributed by atoms with Crippen LogP contribution in [0.3, 0.4) is 0 Å². The van der Waals surface area contributed by atoms with Crippen molar-refractivity contribution in [2.75, 3.05) is 5.43 Å². The predicted octanol–water partition coefficient (Wildman–Crippen LogP) is 1.56. The van der Waals surface area contributed by atoms with Crippen molar-refractivity contribution in [1.82, 2.24) is 15.0 Å². The van der Waals surface area contributed by atoms with Gasteiger partial charge in [0.2, 0.25) is 5.91 Å². The molecule has 3 aromatic rings. The molecule has 2 aromatic heterocycles. The Kier molecular flexibility index (Phi) is 7.28. The molecule has 9 heteroatoms. The summed E-state index contributed by atoms with van der Waals surface area (Å²) in [5, 5.41) is 3.38. The smallest absolute Gasteiger partial charge is 0.272 e. The highest BCUT2D eigenvalue weighted by molar-refractivity contribution is 6.30. The van der Waals surface area contributed by atoms with Crippen LogP contribution in [0.1, 0.15) is 27.8 Å². The van der Waals surface area contributed by atoms with E-state index in [2.05, 4.69) is 15.7 Å². The number of hydrogen-bond acceptors (Lipinski definition) is 5. The van der Waals surface area contributed by atoms with Gasteiger partial charge in [0, 0.05) is 41.6 Å². The molecule has 0 aliphatic carbocycles. The van der Waals surface area contributed by atoms with Crippen molar-refractivity contribution in [3.63, 3.8) is 0 Å². The van der Waals surface area contributed by atoms with Gasteiger partial charge in [-0.25, -0.2) is 4.68 Å². The Morgan fingerprint density at radius 2 is 1.94 bits per heavy atom. The summed E-state index contributed by atoms with van der Waals surface area (Å²) in [6, 6.07) is 10.5. The normalized spacial score (nSPS) is 10.7. The Morgan fingerprint density at radius 3 is 2.68 bits per heavy atom. The fourth-order valence-corrected chi connectivity index (χ4v) is 3.34. The van der Waals surface area contributed by atoms with Crippen LogP contribution in [0.25, 0.3) is 0 Å². The van der Waals surface area contributed by atoms with E-state index in [0.717, 1.165) is 11.1 Å². The van der Waals surface area contributed by atoms with Crippen LogP contribution >= 0.6 is 11.6 Å². The molecule has 5 N–H and O–H groups in total. The minimum atomic E-state index is -0.340. The number of benzene rings is 1. The highest BCUT2D eigenvalue weighted by Crippen LogP contribution is 2.16. The number of halogens is 1. The van der Waals surface area contributed by atoms with E-state index in [1.807, 2.05) is 6.07 Å². The fraction of sp³-hybridized carbons (Fsp3) is 0.227. The average Bonchev–Trinajstić information content (AvgIpc) is 2.76. The number of carbonyl (C=O) groups is 1. The zero-order valence-corrected chi connectivity index (χ0v) is 17.8. The third kappa shape index (κ3) is 5.62. The SMILES string of the molecule is Cc1ccn(NCc2ccc[nH]c2=O)c(=O)c1CC(=O)NCc1cc(Cl)ccc1CN. The molecular weight excluding hydrogens is 418 g/mol. The number of aryl methyl sites for hydroxylation is 1. The van der Waals surface area contributed by atoms with Crippen molar-refractivity contribution in [3.05, 3.63) is 102 Å². The number of pyridine rings is 2. The topological polar surface area (TPSA) is 122 Å². The Morgan fingerprint density at radius 1 is 1.13 bits per heavy atom.